The minimum atomic E-state index is 0.576. The lowest BCUT2D eigenvalue weighted by Gasteiger charge is -2.31. The summed E-state index contributed by atoms with van der Waals surface area (Å²) in [6.07, 6.45) is 4.36. The van der Waals surface area contributed by atoms with Gasteiger partial charge in [-0.2, -0.15) is 4.98 Å². The van der Waals surface area contributed by atoms with Crippen LogP contribution in [-0.4, -0.2) is 34.2 Å². The van der Waals surface area contributed by atoms with Gasteiger partial charge in [-0.3, -0.25) is 0 Å². The molecular weight excluding hydrogens is 226 g/mol. The molecule has 2 aromatic rings. The molecule has 1 unspecified atom stereocenters. The zero-order chi connectivity index (χ0) is 12.5. The number of hydrogen-bond acceptors (Lipinski definition) is 4. The molecule has 3 heterocycles. The number of pyridine rings is 1. The molecule has 1 atom stereocenters. The molecule has 2 aromatic heterocycles. The smallest absolute Gasteiger partial charge is 0.245 e. The van der Waals surface area contributed by atoms with E-state index in [4.69, 9.17) is 5.73 Å². The lowest BCUT2D eigenvalue weighted by Crippen LogP contribution is -2.39. The summed E-state index contributed by atoms with van der Waals surface area (Å²) >= 11 is 0. The number of aromatic nitrogens is 3. The van der Waals surface area contributed by atoms with Gasteiger partial charge in [-0.25, -0.2) is 4.52 Å². The number of fused-ring (bicyclic) bond motifs is 1. The first-order valence-corrected chi connectivity index (χ1v) is 6.54. The normalized spacial score (nSPS) is 20.6. The van der Waals surface area contributed by atoms with Gasteiger partial charge in [0.25, 0.3) is 0 Å². The van der Waals surface area contributed by atoms with Crippen LogP contribution >= 0.6 is 0 Å². The van der Waals surface area contributed by atoms with Crippen LogP contribution in [0.5, 0.6) is 0 Å². The van der Waals surface area contributed by atoms with Crippen LogP contribution in [0.2, 0.25) is 0 Å². The molecule has 0 aromatic carbocycles. The second kappa shape index (κ2) is 4.57. The number of piperidine rings is 1. The van der Waals surface area contributed by atoms with Crippen LogP contribution in [0.25, 0.3) is 5.65 Å². The van der Waals surface area contributed by atoms with Gasteiger partial charge >= 0.3 is 0 Å². The van der Waals surface area contributed by atoms with Gasteiger partial charge in [0, 0.05) is 19.3 Å². The van der Waals surface area contributed by atoms with Gasteiger partial charge in [0.1, 0.15) is 0 Å². The summed E-state index contributed by atoms with van der Waals surface area (Å²) in [4.78, 5) is 6.86. The Morgan fingerprint density at radius 1 is 1.50 bits per heavy atom. The number of rotatable bonds is 2. The minimum absolute atomic E-state index is 0.576. The summed E-state index contributed by atoms with van der Waals surface area (Å²) in [5.74, 6) is 1.41. The lowest BCUT2D eigenvalue weighted by molar-refractivity contribution is 0.419. The predicted octanol–water partition coefficient (Wildman–Crippen LogP) is 1.21. The molecule has 96 valence electrons. The Labute approximate surface area is 107 Å². The molecule has 1 aliphatic rings. The third kappa shape index (κ3) is 2.06. The van der Waals surface area contributed by atoms with E-state index in [9.17, 15) is 0 Å². The van der Waals surface area contributed by atoms with Crippen molar-refractivity contribution in [1.29, 1.82) is 0 Å². The highest BCUT2D eigenvalue weighted by Crippen LogP contribution is 2.20. The fraction of sp³-hybridized carbons (Fsp3) is 0.538. The van der Waals surface area contributed by atoms with Crippen molar-refractivity contribution in [2.75, 3.05) is 24.5 Å². The molecule has 0 aliphatic carbocycles. The predicted molar refractivity (Wildman–Crippen MR) is 71.7 cm³/mol. The Morgan fingerprint density at radius 2 is 2.39 bits per heavy atom. The van der Waals surface area contributed by atoms with Crippen molar-refractivity contribution in [1.82, 2.24) is 14.6 Å². The molecule has 0 saturated carbocycles. The van der Waals surface area contributed by atoms with Crippen LogP contribution in [0, 0.1) is 12.8 Å². The highest BCUT2D eigenvalue weighted by atomic mass is 15.4. The molecule has 0 amide bonds. The van der Waals surface area contributed by atoms with E-state index >= 15 is 0 Å². The Balaban J connectivity index is 1.89. The average Bonchev–Trinajstić information content (AvgIpc) is 2.81. The summed E-state index contributed by atoms with van der Waals surface area (Å²) in [7, 11) is 0. The molecule has 0 bridgehead atoms. The molecule has 2 N–H and O–H groups in total. The zero-order valence-electron chi connectivity index (χ0n) is 10.7. The molecule has 5 nitrogen and oxygen atoms in total. The van der Waals surface area contributed by atoms with E-state index in [2.05, 4.69) is 28.0 Å². The van der Waals surface area contributed by atoms with Crippen LogP contribution in [0.15, 0.2) is 18.3 Å². The standard InChI is InChI=1S/C13H19N5/c1-10-4-6-18-12(7-10)15-13(16-18)17-5-2-3-11(8-14)9-17/h4,6-7,11H,2-3,5,8-9,14H2,1H3. The van der Waals surface area contributed by atoms with E-state index in [-0.39, 0.29) is 0 Å². The summed E-state index contributed by atoms with van der Waals surface area (Å²) in [5.41, 5.74) is 7.89. The van der Waals surface area contributed by atoms with Crippen molar-refractivity contribution in [3.05, 3.63) is 23.9 Å². The third-order valence-electron chi connectivity index (χ3n) is 3.62. The Bertz CT molecular complexity index is 547. The van der Waals surface area contributed by atoms with E-state index in [1.54, 1.807) is 0 Å². The molecule has 0 spiro atoms. The van der Waals surface area contributed by atoms with Crippen molar-refractivity contribution in [2.45, 2.75) is 19.8 Å². The van der Waals surface area contributed by atoms with Crippen LogP contribution in [-0.2, 0) is 0 Å². The number of aryl methyl sites for hydroxylation is 1. The van der Waals surface area contributed by atoms with Crippen molar-refractivity contribution in [2.24, 2.45) is 11.7 Å². The quantitative estimate of drug-likeness (QED) is 0.864. The fourth-order valence-corrected chi connectivity index (χ4v) is 2.54. The van der Waals surface area contributed by atoms with Gasteiger partial charge in [0.05, 0.1) is 0 Å². The molecule has 18 heavy (non-hydrogen) atoms. The molecule has 3 rings (SSSR count). The van der Waals surface area contributed by atoms with Crippen molar-refractivity contribution in [3.8, 4) is 0 Å². The molecule has 0 radical (unpaired) electrons. The van der Waals surface area contributed by atoms with Crippen LogP contribution in [0.1, 0.15) is 18.4 Å². The summed E-state index contributed by atoms with van der Waals surface area (Å²) in [6.45, 7) is 4.83. The maximum Gasteiger partial charge on any atom is 0.245 e. The van der Waals surface area contributed by atoms with E-state index < -0.39 is 0 Å². The summed E-state index contributed by atoms with van der Waals surface area (Å²) < 4.78 is 1.84. The number of nitrogens with zero attached hydrogens (tertiary/aromatic N) is 4. The van der Waals surface area contributed by atoms with Crippen molar-refractivity contribution >= 4 is 11.6 Å². The Morgan fingerprint density at radius 3 is 3.22 bits per heavy atom. The van der Waals surface area contributed by atoms with Gasteiger partial charge < -0.3 is 10.6 Å². The van der Waals surface area contributed by atoms with E-state index in [0.29, 0.717) is 5.92 Å². The van der Waals surface area contributed by atoms with Crippen molar-refractivity contribution < 1.29 is 0 Å². The van der Waals surface area contributed by atoms with Gasteiger partial charge in [0.15, 0.2) is 5.65 Å². The zero-order valence-corrected chi connectivity index (χ0v) is 10.7. The topological polar surface area (TPSA) is 59.5 Å². The molecule has 1 fully saturated rings. The minimum Gasteiger partial charge on any atom is -0.339 e. The molecular formula is C13H19N5. The second-order valence-electron chi connectivity index (χ2n) is 5.11. The number of nitrogens with two attached hydrogens (primary N) is 1. The molecule has 1 aliphatic heterocycles. The van der Waals surface area contributed by atoms with Gasteiger partial charge in [-0.05, 0) is 49.9 Å². The number of hydrogen-bond donors (Lipinski definition) is 1. The van der Waals surface area contributed by atoms with Gasteiger partial charge in [0.2, 0.25) is 5.95 Å². The summed E-state index contributed by atoms with van der Waals surface area (Å²) in [5, 5.41) is 4.54. The van der Waals surface area contributed by atoms with Gasteiger partial charge in [-0.1, -0.05) is 0 Å². The van der Waals surface area contributed by atoms with E-state index in [0.717, 1.165) is 31.2 Å². The third-order valence-corrected chi connectivity index (χ3v) is 3.62. The van der Waals surface area contributed by atoms with Crippen LogP contribution < -0.4 is 10.6 Å². The first kappa shape index (κ1) is 11.5. The SMILES string of the molecule is Cc1ccn2nc(N3CCCC(CN)C3)nc2c1. The fourth-order valence-electron chi connectivity index (χ4n) is 2.54. The van der Waals surface area contributed by atoms with E-state index in [1.165, 1.54) is 18.4 Å². The average molecular weight is 245 g/mol. The maximum absolute atomic E-state index is 5.77. The highest BCUT2D eigenvalue weighted by molar-refractivity contribution is 5.46. The first-order chi connectivity index (χ1) is 8.76. The monoisotopic (exact) mass is 245 g/mol. The van der Waals surface area contributed by atoms with Crippen molar-refractivity contribution in [3.63, 3.8) is 0 Å². The highest BCUT2D eigenvalue weighted by Gasteiger charge is 2.21. The molecule has 5 heteroatoms. The lowest BCUT2D eigenvalue weighted by atomic mass is 9.99. The van der Waals surface area contributed by atoms with Crippen LogP contribution in [0.4, 0.5) is 5.95 Å². The number of anilines is 1. The maximum atomic E-state index is 5.77. The Kier molecular flexibility index (Phi) is 2.91. The first-order valence-electron chi connectivity index (χ1n) is 6.54. The second-order valence-corrected chi connectivity index (χ2v) is 5.11. The summed E-state index contributed by atoms with van der Waals surface area (Å²) in [6, 6.07) is 4.10. The Hall–Kier alpha value is -1.62. The van der Waals surface area contributed by atoms with E-state index in [1.807, 2.05) is 16.8 Å². The molecule has 1 saturated heterocycles. The largest absolute Gasteiger partial charge is 0.339 e. The van der Waals surface area contributed by atoms with Gasteiger partial charge in [-0.15, -0.1) is 5.10 Å². The van der Waals surface area contributed by atoms with Crippen LogP contribution in [0.3, 0.4) is 0 Å².